The maximum atomic E-state index is 14.3. The van der Waals surface area contributed by atoms with Crippen molar-refractivity contribution >= 4 is 28.0 Å². The van der Waals surface area contributed by atoms with E-state index in [0.29, 0.717) is 16.9 Å². The van der Waals surface area contributed by atoms with E-state index in [-0.39, 0.29) is 11.2 Å². The van der Waals surface area contributed by atoms with E-state index in [9.17, 15) is 4.79 Å². The number of benzene rings is 2. The number of carbonyl (C=O) groups excluding carboxylic acids is 1. The summed E-state index contributed by atoms with van der Waals surface area (Å²) in [6.07, 6.45) is 13.6. The van der Waals surface area contributed by atoms with Gasteiger partial charge in [0.05, 0.1) is 29.4 Å². The quantitative estimate of drug-likeness (QED) is 0.190. The van der Waals surface area contributed by atoms with Gasteiger partial charge in [0, 0.05) is 40.7 Å². The summed E-state index contributed by atoms with van der Waals surface area (Å²) in [6.45, 7) is 13.4. The van der Waals surface area contributed by atoms with Crippen molar-refractivity contribution in [2.45, 2.75) is 58.9 Å². The topological polar surface area (TPSA) is 34.2 Å². The Morgan fingerprint density at radius 3 is 2.35 bits per heavy atom. The van der Waals surface area contributed by atoms with Gasteiger partial charge in [0.2, 0.25) is 11.5 Å². The number of para-hydroxylation sites is 1. The van der Waals surface area contributed by atoms with Crippen LogP contribution < -0.4 is 0 Å². The molecule has 1 aliphatic heterocycles. The van der Waals surface area contributed by atoms with E-state index in [1.165, 1.54) is 37.6 Å². The summed E-state index contributed by atoms with van der Waals surface area (Å²) in [5.41, 5.74) is 8.44. The molecule has 2 heterocycles. The fourth-order valence-corrected chi connectivity index (χ4v) is 7.66. The Morgan fingerprint density at radius 1 is 1.00 bits per heavy atom. The SMILES string of the molecule is C=CC1=C(C=C)C(C)(C)C(/C=C2\C(=O)C(c3c(-c4ccccc4)n(CCC4CCCCC4)c4ccccc34)=C2OC)=[N+]1C. The number of aromatic nitrogens is 1. The first-order valence-corrected chi connectivity index (χ1v) is 15.7. The second-order valence-corrected chi connectivity index (χ2v) is 12.6. The molecule has 1 fully saturated rings. The number of ketones is 1. The molecule has 0 N–H and O–H groups in total. The summed E-state index contributed by atoms with van der Waals surface area (Å²) in [6, 6.07) is 19.1. The standard InChI is InChI=1S/C39H43N2O2/c1-7-30-31(8-2)40(5)33(39(30,3)4)25-29-37(42)35(38(29)43-6)34-28-21-15-16-22-32(28)41(24-23-26-17-11-9-12-18-26)36(34)27-19-13-10-14-20-27/h7-8,10,13-16,19-22,25-26H,1-2,9,11-12,17-18,23-24H2,3-6H3/q+1. The number of ether oxygens (including phenoxy) is 1. The van der Waals surface area contributed by atoms with Crippen molar-refractivity contribution in [3.8, 4) is 11.3 Å². The van der Waals surface area contributed by atoms with Crippen molar-refractivity contribution in [1.29, 1.82) is 0 Å². The van der Waals surface area contributed by atoms with Crippen molar-refractivity contribution in [3.63, 3.8) is 0 Å². The number of nitrogens with zero attached hydrogens (tertiary/aromatic N) is 2. The summed E-state index contributed by atoms with van der Waals surface area (Å²) in [5.74, 6) is 1.43. The number of likely N-dealkylation sites (N-methyl/N-ethyl adjacent to an activating group) is 1. The minimum atomic E-state index is -0.327. The highest BCUT2D eigenvalue weighted by atomic mass is 16.5. The number of methoxy groups -OCH3 is 1. The normalized spacial score (nSPS) is 19.9. The molecule has 220 valence electrons. The van der Waals surface area contributed by atoms with Crippen LogP contribution in [0.1, 0.15) is 57.9 Å². The van der Waals surface area contributed by atoms with Crippen molar-refractivity contribution in [3.05, 3.63) is 114 Å². The molecule has 1 saturated carbocycles. The van der Waals surface area contributed by atoms with Crippen LogP contribution in [0.3, 0.4) is 0 Å². The van der Waals surface area contributed by atoms with E-state index in [4.69, 9.17) is 4.74 Å². The zero-order valence-electron chi connectivity index (χ0n) is 26.1. The highest BCUT2D eigenvalue weighted by Crippen LogP contribution is 2.48. The van der Waals surface area contributed by atoms with Gasteiger partial charge >= 0.3 is 0 Å². The van der Waals surface area contributed by atoms with Crippen LogP contribution >= 0.6 is 0 Å². The Balaban J connectivity index is 1.53. The van der Waals surface area contributed by atoms with Gasteiger partial charge in [0.1, 0.15) is 12.8 Å². The van der Waals surface area contributed by atoms with Crippen LogP contribution in [0, 0.1) is 11.3 Å². The second kappa shape index (κ2) is 11.5. The largest absolute Gasteiger partial charge is 0.495 e. The van der Waals surface area contributed by atoms with E-state index >= 15 is 0 Å². The van der Waals surface area contributed by atoms with Crippen LogP contribution in [0.25, 0.3) is 27.7 Å². The van der Waals surface area contributed by atoms with E-state index in [1.807, 2.05) is 31.3 Å². The molecule has 0 atom stereocenters. The van der Waals surface area contributed by atoms with Gasteiger partial charge in [0.15, 0.2) is 5.71 Å². The summed E-state index contributed by atoms with van der Waals surface area (Å²) in [4.78, 5) is 14.3. The number of fused-ring (bicyclic) bond motifs is 1. The average Bonchev–Trinajstić information content (AvgIpc) is 3.44. The van der Waals surface area contributed by atoms with Gasteiger partial charge in [-0.05, 0) is 37.8 Å². The van der Waals surface area contributed by atoms with Gasteiger partial charge in [0.25, 0.3) is 0 Å². The zero-order valence-corrected chi connectivity index (χ0v) is 26.1. The molecular formula is C39H43N2O2+. The summed E-state index contributed by atoms with van der Waals surface area (Å²) in [5, 5.41) is 1.09. The number of hydrogen-bond donors (Lipinski definition) is 0. The maximum Gasteiger partial charge on any atom is 0.208 e. The molecule has 43 heavy (non-hydrogen) atoms. The van der Waals surface area contributed by atoms with E-state index in [1.54, 1.807) is 7.11 Å². The Morgan fingerprint density at radius 2 is 1.70 bits per heavy atom. The van der Waals surface area contributed by atoms with Crippen LogP contribution in [-0.4, -0.2) is 34.8 Å². The molecule has 0 bridgehead atoms. The zero-order chi connectivity index (χ0) is 30.3. The van der Waals surface area contributed by atoms with Crippen molar-refractivity contribution in [1.82, 2.24) is 4.57 Å². The lowest BCUT2D eigenvalue weighted by molar-refractivity contribution is -0.435. The smallest absolute Gasteiger partial charge is 0.208 e. The van der Waals surface area contributed by atoms with E-state index in [2.05, 4.69) is 84.7 Å². The Hall–Kier alpha value is -4.18. The highest BCUT2D eigenvalue weighted by molar-refractivity contribution is 6.42. The fourth-order valence-electron chi connectivity index (χ4n) is 7.66. The fraction of sp³-hybridized carbons (Fsp3) is 0.333. The number of aryl methyl sites for hydroxylation is 1. The van der Waals surface area contributed by atoms with Gasteiger partial charge in [-0.2, -0.15) is 4.58 Å². The number of Topliss-reactive ketones (excluding diaryl/α,β-unsaturated/α-hetero) is 1. The molecule has 6 rings (SSSR count). The van der Waals surface area contributed by atoms with Gasteiger partial charge < -0.3 is 9.30 Å². The molecule has 4 nitrogen and oxygen atoms in total. The Kier molecular flexibility index (Phi) is 7.72. The van der Waals surface area contributed by atoms with E-state index < -0.39 is 0 Å². The van der Waals surface area contributed by atoms with Gasteiger partial charge in [-0.15, -0.1) is 0 Å². The Bertz CT molecular complexity index is 1750. The third-order valence-electron chi connectivity index (χ3n) is 9.89. The third kappa shape index (κ3) is 4.68. The lowest BCUT2D eigenvalue weighted by Gasteiger charge is -2.27. The molecule has 3 aromatic rings. The monoisotopic (exact) mass is 571 g/mol. The molecule has 0 amide bonds. The first-order valence-electron chi connectivity index (χ1n) is 15.7. The first kappa shape index (κ1) is 28.9. The van der Waals surface area contributed by atoms with Crippen molar-refractivity contribution in [2.24, 2.45) is 11.3 Å². The van der Waals surface area contributed by atoms with Crippen LogP contribution in [0.5, 0.6) is 0 Å². The number of carbonyl (C=O) groups is 1. The van der Waals surface area contributed by atoms with Gasteiger partial charge in [-0.3, -0.25) is 4.79 Å². The van der Waals surface area contributed by atoms with E-state index in [0.717, 1.165) is 58.1 Å². The molecule has 1 aromatic heterocycles. The predicted octanol–water partition coefficient (Wildman–Crippen LogP) is 8.89. The molecule has 2 aromatic carbocycles. The molecular weight excluding hydrogens is 528 g/mol. The van der Waals surface area contributed by atoms with Gasteiger partial charge in [-0.1, -0.05) is 99.9 Å². The van der Waals surface area contributed by atoms with Crippen molar-refractivity contribution in [2.75, 3.05) is 14.2 Å². The Labute approximate surface area is 256 Å². The minimum absolute atomic E-state index is 0.0214. The lowest BCUT2D eigenvalue weighted by atomic mass is 9.76. The van der Waals surface area contributed by atoms with Crippen molar-refractivity contribution < 1.29 is 14.1 Å². The predicted molar refractivity (Wildman–Crippen MR) is 178 cm³/mol. The molecule has 0 spiro atoms. The highest BCUT2D eigenvalue weighted by Gasteiger charge is 2.46. The second-order valence-electron chi connectivity index (χ2n) is 12.6. The number of rotatable bonds is 9. The van der Waals surface area contributed by atoms with Crippen LogP contribution in [0.4, 0.5) is 0 Å². The summed E-state index contributed by atoms with van der Waals surface area (Å²) < 4.78 is 10.6. The first-order chi connectivity index (χ1) is 20.8. The maximum absolute atomic E-state index is 14.3. The molecule has 0 unspecified atom stereocenters. The number of allylic oxidation sites excluding steroid dienone is 6. The molecule has 3 aliphatic rings. The average molecular weight is 572 g/mol. The number of hydrogen-bond acceptors (Lipinski definition) is 2. The van der Waals surface area contributed by atoms with Crippen LogP contribution in [-0.2, 0) is 16.1 Å². The summed E-state index contributed by atoms with van der Waals surface area (Å²) in [7, 11) is 3.70. The molecule has 4 heteroatoms. The van der Waals surface area contributed by atoms with Gasteiger partial charge in [-0.25, -0.2) is 0 Å². The molecule has 0 saturated heterocycles. The lowest BCUT2D eigenvalue weighted by Crippen LogP contribution is -2.29. The minimum Gasteiger partial charge on any atom is -0.495 e. The summed E-state index contributed by atoms with van der Waals surface area (Å²) >= 11 is 0. The van der Waals surface area contributed by atoms with Crippen LogP contribution in [0.2, 0.25) is 0 Å². The molecule has 0 radical (unpaired) electrons. The van der Waals surface area contributed by atoms with Crippen LogP contribution in [0.15, 0.2) is 109 Å². The third-order valence-corrected chi connectivity index (χ3v) is 9.89. The molecule has 2 aliphatic carbocycles.